The maximum Gasteiger partial charge on any atom is 0.339 e. The molecule has 0 unspecified atom stereocenters. The lowest BCUT2D eigenvalue weighted by Gasteiger charge is -2.16. The molecular formula is C23H26N2O9S2. The molecule has 0 spiro atoms. The highest BCUT2D eigenvalue weighted by atomic mass is 32.2. The number of benzene rings is 2. The third kappa shape index (κ3) is 8.36. The van der Waals surface area contributed by atoms with Crippen LogP contribution in [0.3, 0.4) is 0 Å². The maximum atomic E-state index is 12.6. The van der Waals surface area contributed by atoms with Crippen LogP contribution in [0.25, 0.3) is 0 Å². The topological polar surface area (TPSA) is 187 Å². The summed E-state index contributed by atoms with van der Waals surface area (Å²) in [5.74, 6) is -4.28. The number of carboxylic acids is 2. The lowest BCUT2D eigenvalue weighted by molar-refractivity contribution is -0.139. The van der Waals surface area contributed by atoms with Crippen molar-refractivity contribution in [2.75, 3.05) is 5.75 Å². The van der Waals surface area contributed by atoms with Crippen LogP contribution in [0, 0.1) is 0 Å². The van der Waals surface area contributed by atoms with Gasteiger partial charge in [0.25, 0.3) is 5.91 Å². The Morgan fingerprint density at radius 1 is 1.00 bits per heavy atom. The van der Waals surface area contributed by atoms with Gasteiger partial charge in [-0.05, 0) is 41.1 Å². The Labute approximate surface area is 212 Å². The number of ketones is 1. The average molecular weight is 539 g/mol. The summed E-state index contributed by atoms with van der Waals surface area (Å²) in [4.78, 5) is 46.8. The first-order valence-electron chi connectivity index (χ1n) is 10.6. The third-order valence-corrected chi connectivity index (χ3v) is 7.34. The van der Waals surface area contributed by atoms with Crippen molar-refractivity contribution >= 4 is 45.4 Å². The van der Waals surface area contributed by atoms with Crippen molar-refractivity contribution in [2.45, 2.75) is 43.0 Å². The summed E-state index contributed by atoms with van der Waals surface area (Å²) in [6.07, 6.45) is -0.552. The van der Waals surface area contributed by atoms with E-state index in [9.17, 15) is 32.7 Å². The van der Waals surface area contributed by atoms with Crippen LogP contribution in [0.2, 0.25) is 0 Å². The van der Waals surface area contributed by atoms with Gasteiger partial charge in [0, 0.05) is 12.1 Å². The summed E-state index contributed by atoms with van der Waals surface area (Å²) >= 11 is 1.34. The van der Waals surface area contributed by atoms with Crippen LogP contribution >= 0.6 is 11.8 Å². The SMILES string of the molecule is CC(C)SCC(=O)[C@H](CC(=O)O)NC(=O)c1ccc(CNS(=O)(=O)c2ccc(O)c(C(=O)O)c2)cc1. The van der Waals surface area contributed by atoms with Crippen LogP contribution in [0.1, 0.15) is 46.5 Å². The molecule has 194 valence electrons. The van der Waals surface area contributed by atoms with Crippen molar-refractivity contribution in [1.82, 2.24) is 10.0 Å². The quantitative estimate of drug-likeness (QED) is 0.252. The number of aromatic carboxylic acids is 1. The number of sulfonamides is 1. The highest BCUT2D eigenvalue weighted by Crippen LogP contribution is 2.21. The molecule has 0 saturated heterocycles. The van der Waals surface area contributed by atoms with E-state index >= 15 is 0 Å². The van der Waals surface area contributed by atoms with Crippen LogP contribution < -0.4 is 10.0 Å². The van der Waals surface area contributed by atoms with Crippen molar-refractivity contribution in [1.29, 1.82) is 0 Å². The van der Waals surface area contributed by atoms with Crippen LogP contribution in [0.4, 0.5) is 0 Å². The molecule has 1 amide bonds. The van der Waals surface area contributed by atoms with E-state index in [1.807, 2.05) is 13.8 Å². The summed E-state index contributed by atoms with van der Waals surface area (Å²) in [7, 11) is -4.11. The number of carboxylic acid groups (broad SMARTS) is 2. The van der Waals surface area contributed by atoms with Gasteiger partial charge in [-0.2, -0.15) is 11.8 Å². The second-order valence-corrected chi connectivity index (χ2v) is 11.3. The number of hydrogen-bond donors (Lipinski definition) is 5. The molecule has 0 aliphatic rings. The molecule has 0 aliphatic carbocycles. The number of rotatable bonds is 13. The Kier molecular flexibility index (Phi) is 10.0. The molecule has 0 radical (unpaired) electrons. The molecule has 11 nitrogen and oxygen atoms in total. The first-order valence-corrected chi connectivity index (χ1v) is 13.1. The van der Waals surface area contributed by atoms with Gasteiger partial charge in [0.2, 0.25) is 10.0 Å². The maximum absolute atomic E-state index is 12.6. The highest BCUT2D eigenvalue weighted by molar-refractivity contribution is 8.00. The molecule has 0 fully saturated rings. The number of hydrogen-bond acceptors (Lipinski definition) is 8. The van der Waals surface area contributed by atoms with E-state index in [1.165, 1.54) is 36.0 Å². The number of carbonyl (C=O) groups excluding carboxylic acids is 2. The second-order valence-electron chi connectivity index (χ2n) is 7.96. The van der Waals surface area contributed by atoms with Crippen molar-refractivity contribution in [3.63, 3.8) is 0 Å². The Hall–Kier alpha value is -3.42. The van der Waals surface area contributed by atoms with Crippen molar-refractivity contribution < 1.29 is 42.9 Å². The number of Topliss-reactive ketones (excluding diaryl/α,β-unsaturated/α-hetero) is 1. The summed E-state index contributed by atoms with van der Waals surface area (Å²) in [5, 5.41) is 30.3. The van der Waals surface area contributed by atoms with Gasteiger partial charge in [-0.15, -0.1) is 0 Å². The Balaban J connectivity index is 2.06. The number of nitrogens with one attached hydrogen (secondary N) is 2. The van der Waals surface area contributed by atoms with Crippen LogP contribution in [-0.2, 0) is 26.2 Å². The van der Waals surface area contributed by atoms with E-state index in [4.69, 9.17) is 10.2 Å². The summed E-state index contributed by atoms with van der Waals surface area (Å²) < 4.78 is 27.3. The third-order valence-electron chi connectivity index (χ3n) is 4.82. The fourth-order valence-corrected chi connectivity index (χ4v) is 4.64. The minimum absolute atomic E-state index is 0.0595. The Morgan fingerprint density at radius 3 is 2.19 bits per heavy atom. The summed E-state index contributed by atoms with van der Waals surface area (Å²) in [6, 6.07) is 7.41. The smallest absolute Gasteiger partial charge is 0.339 e. The highest BCUT2D eigenvalue weighted by Gasteiger charge is 2.24. The van der Waals surface area contributed by atoms with Gasteiger partial charge >= 0.3 is 11.9 Å². The molecule has 2 aromatic carbocycles. The molecule has 0 saturated carbocycles. The number of aliphatic carboxylic acids is 1. The molecule has 0 aromatic heterocycles. The van der Waals surface area contributed by atoms with Gasteiger partial charge in [-0.25, -0.2) is 17.9 Å². The fraction of sp³-hybridized carbons (Fsp3) is 0.304. The summed E-state index contributed by atoms with van der Waals surface area (Å²) in [5.41, 5.74) is 0.0560. The molecule has 0 bridgehead atoms. The average Bonchev–Trinajstić information content (AvgIpc) is 2.80. The van der Waals surface area contributed by atoms with Gasteiger partial charge in [-0.3, -0.25) is 14.4 Å². The molecule has 0 heterocycles. The first kappa shape index (κ1) is 28.8. The minimum Gasteiger partial charge on any atom is -0.507 e. The van der Waals surface area contributed by atoms with Crippen LogP contribution in [-0.4, -0.2) is 64.4 Å². The molecule has 2 rings (SSSR count). The Morgan fingerprint density at radius 2 is 1.64 bits per heavy atom. The number of thioether (sulfide) groups is 1. The lowest BCUT2D eigenvalue weighted by atomic mass is 10.1. The van der Waals surface area contributed by atoms with Gasteiger partial charge in [0.15, 0.2) is 5.78 Å². The minimum atomic E-state index is -4.11. The molecule has 36 heavy (non-hydrogen) atoms. The zero-order valence-electron chi connectivity index (χ0n) is 19.4. The van der Waals surface area contributed by atoms with Gasteiger partial charge in [0.05, 0.1) is 23.1 Å². The van der Waals surface area contributed by atoms with Crippen molar-refractivity contribution in [3.8, 4) is 5.75 Å². The van der Waals surface area contributed by atoms with E-state index in [0.717, 1.165) is 18.2 Å². The van der Waals surface area contributed by atoms with Gasteiger partial charge in [-0.1, -0.05) is 26.0 Å². The predicted octanol–water partition coefficient (Wildman–Crippen LogP) is 1.85. The van der Waals surface area contributed by atoms with Crippen molar-refractivity contribution in [3.05, 3.63) is 59.2 Å². The molecule has 1 atom stereocenters. The molecular weight excluding hydrogens is 512 g/mol. The molecule has 5 N–H and O–H groups in total. The van der Waals surface area contributed by atoms with Crippen molar-refractivity contribution in [2.24, 2.45) is 0 Å². The summed E-state index contributed by atoms with van der Waals surface area (Å²) in [6.45, 7) is 3.60. The lowest BCUT2D eigenvalue weighted by Crippen LogP contribution is -2.43. The number of aromatic hydroxyl groups is 1. The molecule has 2 aromatic rings. The largest absolute Gasteiger partial charge is 0.507 e. The van der Waals surface area contributed by atoms with E-state index in [-0.39, 0.29) is 28.0 Å². The number of phenols is 1. The predicted molar refractivity (Wildman–Crippen MR) is 132 cm³/mol. The second kappa shape index (κ2) is 12.5. The number of carbonyl (C=O) groups is 4. The monoisotopic (exact) mass is 538 g/mol. The zero-order chi connectivity index (χ0) is 27.0. The van der Waals surface area contributed by atoms with Gasteiger partial charge < -0.3 is 20.6 Å². The van der Waals surface area contributed by atoms with E-state index in [0.29, 0.717) is 5.56 Å². The van der Waals surface area contributed by atoms with Crippen LogP contribution in [0.15, 0.2) is 47.4 Å². The van der Waals surface area contributed by atoms with Crippen LogP contribution in [0.5, 0.6) is 5.75 Å². The molecule has 0 aliphatic heterocycles. The first-order chi connectivity index (χ1) is 16.8. The normalized spacial score (nSPS) is 12.2. The van der Waals surface area contributed by atoms with E-state index in [2.05, 4.69) is 10.0 Å². The molecule has 13 heteroatoms. The number of amides is 1. The van der Waals surface area contributed by atoms with Gasteiger partial charge in [0.1, 0.15) is 11.3 Å². The standard InChI is InChI=1S/C23H26N2O9S2/c1-13(2)35-12-20(27)18(10-21(28)29)25-22(30)15-5-3-14(4-6-15)11-24-36(33,34)16-7-8-19(26)17(9-16)23(31)32/h3-9,13,18,24,26H,10-12H2,1-2H3,(H,25,30)(H,28,29)(H,31,32)/t18-/m0/s1. The fourth-order valence-electron chi connectivity index (χ4n) is 2.90. The van der Waals surface area contributed by atoms with E-state index < -0.39 is 57.4 Å². The van der Waals surface area contributed by atoms with E-state index in [1.54, 1.807) is 0 Å². The Bertz CT molecular complexity index is 1240. The zero-order valence-corrected chi connectivity index (χ0v) is 21.1.